The van der Waals surface area contributed by atoms with Crippen LogP contribution in [0.3, 0.4) is 0 Å². The van der Waals surface area contributed by atoms with Crippen LogP contribution in [0.25, 0.3) is 0 Å². The van der Waals surface area contributed by atoms with Gasteiger partial charge in [-0.3, -0.25) is 4.90 Å². The van der Waals surface area contributed by atoms with Crippen LogP contribution < -0.4 is 5.32 Å². The molecule has 2 aromatic rings. The molecule has 3 rings (SSSR count). The minimum atomic E-state index is -0.164. The largest absolute Gasteiger partial charge is 0.359 e. The van der Waals surface area contributed by atoms with Crippen molar-refractivity contribution in [2.45, 2.75) is 52.2 Å². The Labute approximate surface area is 155 Å². The number of hydrogen-bond acceptors (Lipinski definition) is 4. The minimum absolute atomic E-state index is 0.164. The molecule has 0 spiro atoms. The summed E-state index contributed by atoms with van der Waals surface area (Å²) in [7, 11) is 1.74. The molecular formula is C20H28N4O2. The lowest BCUT2D eigenvalue weighted by atomic mass is 10.0. The summed E-state index contributed by atoms with van der Waals surface area (Å²) in [6.45, 7) is 6.62. The highest BCUT2D eigenvalue weighted by atomic mass is 16.5. The van der Waals surface area contributed by atoms with E-state index >= 15 is 0 Å². The van der Waals surface area contributed by atoms with Crippen LogP contribution in [0.5, 0.6) is 0 Å². The maximum absolute atomic E-state index is 12.4. The summed E-state index contributed by atoms with van der Waals surface area (Å²) in [4.78, 5) is 16.5. The van der Waals surface area contributed by atoms with E-state index in [0.29, 0.717) is 18.3 Å². The van der Waals surface area contributed by atoms with E-state index in [9.17, 15) is 4.79 Å². The maximum Gasteiger partial charge on any atom is 0.321 e. The Bertz CT molecular complexity index is 743. The van der Waals surface area contributed by atoms with Crippen LogP contribution in [0.4, 0.5) is 10.5 Å². The van der Waals surface area contributed by atoms with Crippen LogP contribution >= 0.6 is 0 Å². The predicted molar refractivity (Wildman–Crippen MR) is 102 cm³/mol. The zero-order chi connectivity index (χ0) is 18.5. The number of urea groups is 1. The number of anilines is 1. The molecule has 0 radical (unpaired) electrons. The van der Waals surface area contributed by atoms with Crippen molar-refractivity contribution in [3.05, 3.63) is 47.3 Å². The molecule has 1 atom stereocenters. The molecule has 140 valence electrons. The Kier molecular flexibility index (Phi) is 5.93. The molecule has 0 unspecified atom stereocenters. The van der Waals surface area contributed by atoms with Crippen molar-refractivity contribution in [1.29, 1.82) is 0 Å². The average Bonchev–Trinajstić information content (AvgIpc) is 3.02. The summed E-state index contributed by atoms with van der Waals surface area (Å²) >= 11 is 0. The number of hydrogen-bond donors (Lipinski definition) is 1. The summed E-state index contributed by atoms with van der Waals surface area (Å²) in [6, 6.07) is 10.4. The number of benzene rings is 1. The highest BCUT2D eigenvalue weighted by Gasteiger charge is 2.18. The molecule has 6 nitrogen and oxygen atoms in total. The van der Waals surface area contributed by atoms with Crippen LogP contribution in [0.15, 0.2) is 34.9 Å². The van der Waals surface area contributed by atoms with Gasteiger partial charge in [-0.2, -0.15) is 0 Å². The molecule has 1 aliphatic heterocycles. The zero-order valence-corrected chi connectivity index (χ0v) is 15.9. The smallest absolute Gasteiger partial charge is 0.321 e. The topological polar surface area (TPSA) is 61.6 Å². The quantitative estimate of drug-likeness (QED) is 0.879. The van der Waals surface area contributed by atoms with Gasteiger partial charge in [0.15, 0.2) is 5.76 Å². The van der Waals surface area contributed by atoms with Gasteiger partial charge in [-0.05, 0) is 50.9 Å². The van der Waals surface area contributed by atoms with E-state index in [4.69, 9.17) is 4.52 Å². The molecule has 26 heavy (non-hydrogen) atoms. The van der Waals surface area contributed by atoms with Gasteiger partial charge >= 0.3 is 6.03 Å². The number of rotatable bonds is 5. The Morgan fingerprint density at radius 1 is 1.38 bits per heavy atom. The maximum atomic E-state index is 12.4. The van der Waals surface area contributed by atoms with Crippen molar-refractivity contribution >= 4 is 11.7 Å². The van der Waals surface area contributed by atoms with Crippen LogP contribution in [-0.2, 0) is 13.1 Å². The highest BCUT2D eigenvalue weighted by molar-refractivity contribution is 5.89. The van der Waals surface area contributed by atoms with Gasteiger partial charge in [0.1, 0.15) is 0 Å². The van der Waals surface area contributed by atoms with Crippen LogP contribution in [-0.4, -0.2) is 40.6 Å². The molecule has 1 N–H and O–H groups in total. The van der Waals surface area contributed by atoms with E-state index in [1.54, 1.807) is 11.9 Å². The van der Waals surface area contributed by atoms with E-state index in [0.717, 1.165) is 24.5 Å². The molecule has 0 aliphatic carbocycles. The lowest BCUT2D eigenvalue weighted by Gasteiger charge is -2.33. The molecule has 0 saturated carbocycles. The van der Waals surface area contributed by atoms with Gasteiger partial charge in [-0.15, -0.1) is 0 Å². The van der Waals surface area contributed by atoms with Crippen LogP contribution in [0.1, 0.15) is 43.2 Å². The third kappa shape index (κ3) is 4.85. The fourth-order valence-electron chi connectivity index (χ4n) is 3.39. The second kappa shape index (κ2) is 8.36. The summed E-state index contributed by atoms with van der Waals surface area (Å²) in [6.07, 6.45) is 3.86. The van der Waals surface area contributed by atoms with Crippen LogP contribution in [0.2, 0.25) is 0 Å². The molecule has 0 bridgehead atoms. The second-order valence-corrected chi connectivity index (χ2v) is 7.24. The summed E-state index contributed by atoms with van der Waals surface area (Å²) in [5, 5.41) is 6.81. The van der Waals surface area contributed by atoms with Crippen molar-refractivity contribution in [3.8, 4) is 0 Å². The Hall–Kier alpha value is -2.34. The van der Waals surface area contributed by atoms with Crippen molar-refractivity contribution in [2.75, 3.05) is 18.9 Å². The van der Waals surface area contributed by atoms with E-state index in [2.05, 4.69) is 34.4 Å². The van der Waals surface area contributed by atoms with Crippen molar-refractivity contribution in [2.24, 2.45) is 0 Å². The van der Waals surface area contributed by atoms with E-state index in [-0.39, 0.29) is 6.03 Å². The SMILES string of the molecule is Cc1cc(CN(C)C(=O)Nc2cccc(CN3CCCC[C@@H]3C)c2)on1. The summed E-state index contributed by atoms with van der Waals surface area (Å²) in [5.41, 5.74) is 2.86. The lowest BCUT2D eigenvalue weighted by molar-refractivity contribution is 0.152. The standard InChI is InChI=1S/C20H28N4O2/c1-15-11-19(26-22-15)14-23(3)20(25)21-18-9-6-8-17(12-18)13-24-10-5-4-7-16(24)2/h6,8-9,11-12,16H,4-5,7,10,13-14H2,1-3H3,(H,21,25)/t16-/m0/s1. The van der Waals surface area contributed by atoms with Gasteiger partial charge in [0.25, 0.3) is 0 Å². The molecule has 2 heterocycles. The molecule has 1 saturated heterocycles. The first-order chi connectivity index (χ1) is 12.5. The number of nitrogens with one attached hydrogen (secondary N) is 1. The number of piperidine rings is 1. The number of carbonyl (C=O) groups excluding carboxylic acids is 1. The number of aryl methyl sites for hydroxylation is 1. The molecule has 2 amide bonds. The Balaban J connectivity index is 1.58. The third-order valence-corrected chi connectivity index (χ3v) is 4.92. The van der Waals surface area contributed by atoms with Gasteiger partial charge in [-0.25, -0.2) is 4.79 Å². The van der Waals surface area contributed by atoms with Gasteiger partial charge in [0.05, 0.1) is 12.2 Å². The molecule has 1 aliphatic rings. The van der Waals surface area contributed by atoms with E-state index in [1.807, 2.05) is 25.1 Å². The molecule has 6 heteroatoms. The first kappa shape index (κ1) is 18.5. The molecule has 1 fully saturated rings. The van der Waals surface area contributed by atoms with Crippen molar-refractivity contribution in [1.82, 2.24) is 15.0 Å². The number of likely N-dealkylation sites (tertiary alicyclic amines) is 1. The number of carbonyl (C=O) groups is 1. The highest BCUT2D eigenvalue weighted by Crippen LogP contribution is 2.20. The minimum Gasteiger partial charge on any atom is -0.359 e. The first-order valence-electron chi connectivity index (χ1n) is 9.28. The van der Waals surface area contributed by atoms with Crippen molar-refractivity contribution < 1.29 is 9.32 Å². The fraction of sp³-hybridized carbons (Fsp3) is 0.500. The van der Waals surface area contributed by atoms with Gasteiger partial charge in [0.2, 0.25) is 0 Å². The normalized spacial score (nSPS) is 17.9. The number of aromatic nitrogens is 1. The first-order valence-corrected chi connectivity index (χ1v) is 9.28. The van der Waals surface area contributed by atoms with Gasteiger partial charge in [-0.1, -0.05) is 23.7 Å². The van der Waals surface area contributed by atoms with Crippen molar-refractivity contribution in [3.63, 3.8) is 0 Å². The van der Waals surface area contributed by atoms with Gasteiger partial charge < -0.3 is 14.7 Å². The molecule has 1 aromatic carbocycles. The summed E-state index contributed by atoms with van der Waals surface area (Å²) in [5.74, 6) is 0.674. The second-order valence-electron chi connectivity index (χ2n) is 7.24. The monoisotopic (exact) mass is 356 g/mol. The Morgan fingerprint density at radius 2 is 2.23 bits per heavy atom. The lowest BCUT2D eigenvalue weighted by Crippen LogP contribution is -2.36. The van der Waals surface area contributed by atoms with E-state index in [1.165, 1.54) is 24.8 Å². The van der Waals surface area contributed by atoms with Crippen LogP contribution in [0, 0.1) is 6.92 Å². The predicted octanol–water partition coefficient (Wildman–Crippen LogP) is 4.02. The molecule has 1 aromatic heterocycles. The van der Waals surface area contributed by atoms with E-state index < -0.39 is 0 Å². The average molecular weight is 356 g/mol. The summed E-state index contributed by atoms with van der Waals surface area (Å²) < 4.78 is 5.17. The zero-order valence-electron chi connectivity index (χ0n) is 15.9. The number of nitrogens with zero attached hydrogens (tertiary/aromatic N) is 3. The molecular weight excluding hydrogens is 328 g/mol. The number of amides is 2. The fourth-order valence-corrected chi connectivity index (χ4v) is 3.39. The van der Waals surface area contributed by atoms with Gasteiger partial charge in [0, 0.05) is 31.4 Å². The Morgan fingerprint density at radius 3 is 2.96 bits per heavy atom. The third-order valence-electron chi connectivity index (χ3n) is 4.92.